The predicted molar refractivity (Wildman–Crippen MR) is 89.6 cm³/mol. The zero-order chi connectivity index (χ0) is 15.2. The summed E-state index contributed by atoms with van der Waals surface area (Å²) in [6, 6.07) is 4.45. The Kier molecular flexibility index (Phi) is 5.48. The molecule has 0 aliphatic carbocycles. The SMILES string of the molecule is CCCCC(CCC)Nc1cc2c(cc1N)CCC(=O)N2. The first-order valence-electron chi connectivity index (χ1n) is 8.12. The molecule has 116 valence electrons. The summed E-state index contributed by atoms with van der Waals surface area (Å²) in [7, 11) is 0. The van der Waals surface area contributed by atoms with Crippen molar-refractivity contribution in [2.45, 2.75) is 64.8 Å². The van der Waals surface area contributed by atoms with Crippen LogP contribution >= 0.6 is 0 Å². The normalized spacial score (nSPS) is 15.2. The van der Waals surface area contributed by atoms with Crippen LogP contribution in [-0.2, 0) is 11.2 Å². The second-order valence-electron chi connectivity index (χ2n) is 5.92. The van der Waals surface area contributed by atoms with Crippen molar-refractivity contribution < 1.29 is 4.79 Å². The van der Waals surface area contributed by atoms with Crippen LogP contribution in [0.15, 0.2) is 12.1 Å². The molecular weight excluding hydrogens is 262 g/mol. The molecule has 4 nitrogen and oxygen atoms in total. The van der Waals surface area contributed by atoms with Gasteiger partial charge in [0.1, 0.15) is 0 Å². The first-order chi connectivity index (χ1) is 10.1. The number of fused-ring (bicyclic) bond motifs is 1. The highest BCUT2D eigenvalue weighted by Gasteiger charge is 2.17. The number of benzene rings is 1. The maximum atomic E-state index is 11.5. The lowest BCUT2D eigenvalue weighted by molar-refractivity contribution is -0.116. The van der Waals surface area contributed by atoms with Crippen LogP contribution in [0.3, 0.4) is 0 Å². The fraction of sp³-hybridized carbons (Fsp3) is 0.588. The van der Waals surface area contributed by atoms with Crippen molar-refractivity contribution in [3.63, 3.8) is 0 Å². The minimum absolute atomic E-state index is 0.0920. The Bertz CT molecular complexity index is 499. The highest BCUT2D eigenvalue weighted by atomic mass is 16.1. The van der Waals surface area contributed by atoms with Crippen LogP contribution in [0.2, 0.25) is 0 Å². The van der Waals surface area contributed by atoms with Crippen LogP contribution in [0.1, 0.15) is 57.9 Å². The smallest absolute Gasteiger partial charge is 0.224 e. The lowest BCUT2D eigenvalue weighted by atomic mass is 10.00. The standard InChI is InChI=1S/C17H27N3O/c1-3-5-7-13(6-4-2)19-16-11-15-12(10-14(16)18)8-9-17(21)20-15/h10-11,13,19H,3-9,18H2,1-2H3,(H,20,21). The van der Waals surface area contributed by atoms with Gasteiger partial charge in [0.05, 0.1) is 11.4 Å². The summed E-state index contributed by atoms with van der Waals surface area (Å²) in [4.78, 5) is 11.5. The molecule has 1 heterocycles. The lowest BCUT2D eigenvalue weighted by Crippen LogP contribution is -2.22. The number of nitrogen functional groups attached to an aromatic ring is 1. The quantitative estimate of drug-likeness (QED) is 0.666. The molecule has 2 rings (SSSR count). The van der Waals surface area contributed by atoms with Crippen molar-refractivity contribution in [3.05, 3.63) is 17.7 Å². The molecule has 0 aromatic heterocycles. The van der Waals surface area contributed by atoms with Gasteiger partial charge in [-0.15, -0.1) is 0 Å². The van der Waals surface area contributed by atoms with E-state index in [4.69, 9.17) is 5.73 Å². The highest BCUT2D eigenvalue weighted by molar-refractivity contribution is 5.95. The summed E-state index contributed by atoms with van der Waals surface area (Å²) >= 11 is 0. The third-order valence-electron chi connectivity index (χ3n) is 4.07. The number of unbranched alkanes of at least 4 members (excludes halogenated alkanes) is 1. The second-order valence-corrected chi connectivity index (χ2v) is 5.92. The number of aryl methyl sites for hydroxylation is 1. The van der Waals surface area contributed by atoms with Gasteiger partial charge in [-0.25, -0.2) is 0 Å². The van der Waals surface area contributed by atoms with Crippen LogP contribution in [-0.4, -0.2) is 11.9 Å². The average molecular weight is 289 g/mol. The van der Waals surface area contributed by atoms with Crippen molar-refractivity contribution in [2.24, 2.45) is 0 Å². The molecule has 0 fully saturated rings. The van der Waals surface area contributed by atoms with Gasteiger partial charge in [0.15, 0.2) is 0 Å². The van der Waals surface area contributed by atoms with Crippen molar-refractivity contribution in [3.8, 4) is 0 Å². The molecule has 0 saturated carbocycles. The van der Waals surface area contributed by atoms with E-state index in [1.54, 1.807) is 0 Å². The Hall–Kier alpha value is -1.71. The van der Waals surface area contributed by atoms with Gasteiger partial charge in [-0.1, -0.05) is 33.1 Å². The Morgan fingerprint density at radius 3 is 2.76 bits per heavy atom. The van der Waals surface area contributed by atoms with E-state index in [1.165, 1.54) is 12.8 Å². The number of amides is 1. The number of anilines is 3. The fourth-order valence-corrected chi connectivity index (χ4v) is 2.88. The number of hydrogen-bond acceptors (Lipinski definition) is 3. The van der Waals surface area contributed by atoms with Gasteiger partial charge in [0, 0.05) is 18.2 Å². The summed E-state index contributed by atoms with van der Waals surface area (Å²) in [5.74, 6) is 0.0920. The van der Waals surface area contributed by atoms with Crippen molar-refractivity contribution >= 4 is 23.0 Å². The second kappa shape index (κ2) is 7.34. The minimum Gasteiger partial charge on any atom is -0.397 e. The monoisotopic (exact) mass is 289 g/mol. The average Bonchev–Trinajstić information content (AvgIpc) is 2.46. The van der Waals surface area contributed by atoms with Crippen LogP contribution in [0.5, 0.6) is 0 Å². The summed E-state index contributed by atoms with van der Waals surface area (Å²) in [5.41, 5.74) is 9.95. The van der Waals surface area contributed by atoms with E-state index in [1.807, 2.05) is 12.1 Å². The molecule has 21 heavy (non-hydrogen) atoms. The van der Waals surface area contributed by atoms with Gasteiger partial charge in [0.2, 0.25) is 5.91 Å². The van der Waals surface area contributed by atoms with Gasteiger partial charge in [0.25, 0.3) is 0 Å². The number of hydrogen-bond donors (Lipinski definition) is 3. The molecule has 0 bridgehead atoms. The third-order valence-corrected chi connectivity index (χ3v) is 4.07. The zero-order valence-corrected chi connectivity index (χ0v) is 13.2. The molecule has 1 aliphatic rings. The van der Waals surface area contributed by atoms with Gasteiger partial charge in [-0.05, 0) is 37.0 Å². The Labute approximate surface area is 127 Å². The maximum absolute atomic E-state index is 11.5. The summed E-state index contributed by atoms with van der Waals surface area (Å²) in [6.07, 6.45) is 7.21. The van der Waals surface area contributed by atoms with E-state index >= 15 is 0 Å². The molecule has 4 N–H and O–H groups in total. The van der Waals surface area contributed by atoms with Crippen molar-refractivity contribution in [2.75, 3.05) is 16.4 Å². The number of rotatable bonds is 7. The molecule has 1 unspecified atom stereocenters. The van der Waals surface area contributed by atoms with Gasteiger partial charge < -0.3 is 16.4 Å². The largest absolute Gasteiger partial charge is 0.397 e. The van der Waals surface area contributed by atoms with E-state index in [9.17, 15) is 4.79 Å². The molecule has 1 atom stereocenters. The number of nitrogens with one attached hydrogen (secondary N) is 2. The van der Waals surface area contributed by atoms with Crippen LogP contribution in [0.25, 0.3) is 0 Å². The summed E-state index contributed by atoms with van der Waals surface area (Å²) in [6.45, 7) is 4.42. The first-order valence-corrected chi connectivity index (χ1v) is 8.12. The van der Waals surface area contributed by atoms with Crippen LogP contribution in [0, 0.1) is 0 Å². The Morgan fingerprint density at radius 1 is 1.24 bits per heavy atom. The van der Waals surface area contributed by atoms with Crippen LogP contribution in [0.4, 0.5) is 17.1 Å². The topological polar surface area (TPSA) is 67.1 Å². The number of carbonyl (C=O) groups excluding carboxylic acids is 1. The summed E-state index contributed by atoms with van der Waals surface area (Å²) in [5, 5.41) is 6.51. The summed E-state index contributed by atoms with van der Waals surface area (Å²) < 4.78 is 0. The van der Waals surface area contributed by atoms with E-state index in [0.717, 1.165) is 48.3 Å². The number of nitrogens with two attached hydrogens (primary N) is 1. The van der Waals surface area contributed by atoms with Gasteiger partial charge in [-0.2, -0.15) is 0 Å². The van der Waals surface area contributed by atoms with E-state index < -0.39 is 0 Å². The molecule has 1 aliphatic heterocycles. The van der Waals surface area contributed by atoms with E-state index in [2.05, 4.69) is 24.5 Å². The molecule has 4 heteroatoms. The number of carbonyl (C=O) groups is 1. The molecule has 1 aromatic rings. The molecular formula is C17H27N3O. The van der Waals surface area contributed by atoms with E-state index in [0.29, 0.717) is 12.5 Å². The lowest BCUT2D eigenvalue weighted by Gasteiger charge is -2.23. The van der Waals surface area contributed by atoms with Crippen molar-refractivity contribution in [1.29, 1.82) is 0 Å². The first kappa shape index (κ1) is 15.7. The highest BCUT2D eigenvalue weighted by Crippen LogP contribution is 2.32. The zero-order valence-electron chi connectivity index (χ0n) is 13.2. The Morgan fingerprint density at radius 2 is 2.05 bits per heavy atom. The third kappa shape index (κ3) is 4.13. The van der Waals surface area contributed by atoms with E-state index in [-0.39, 0.29) is 5.91 Å². The predicted octanol–water partition coefficient (Wildman–Crippen LogP) is 3.92. The maximum Gasteiger partial charge on any atom is 0.224 e. The van der Waals surface area contributed by atoms with Gasteiger partial charge in [-0.3, -0.25) is 4.79 Å². The molecule has 0 radical (unpaired) electrons. The molecule has 0 saturated heterocycles. The van der Waals surface area contributed by atoms with Crippen LogP contribution < -0.4 is 16.4 Å². The minimum atomic E-state index is 0.0920. The fourth-order valence-electron chi connectivity index (χ4n) is 2.88. The molecule has 1 aromatic carbocycles. The Balaban J connectivity index is 2.14. The molecule has 0 spiro atoms. The van der Waals surface area contributed by atoms with Crippen molar-refractivity contribution in [1.82, 2.24) is 0 Å². The van der Waals surface area contributed by atoms with Gasteiger partial charge >= 0.3 is 0 Å². The molecule has 1 amide bonds.